The van der Waals surface area contributed by atoms with Crippen molar-refractivity contribution in [2.24, 2.45) is 0 Å². The average molecular weight is 289 g/mol. The van der Waals surface area contributed by atoms with Gasteiger partial charge >= 0.3 is 6.01 Å². The summed E-state index contributed by atoms with van der Waals surface area (Å²) in [7, 11) is -3.85. The number of nitrogens with one attached hydrogen (secondary N) is 1. The van der Waals surface area contributed by atoms with Crippen molar-refractivity contribution >= 4 is 33.5 Å². The Kier molecular flexibility index (Phi) is 3.14. The van der Waals surface area contributed by atoms with Gasteiger partial charge in [0.05, 0.1) is 10.7 Å². The van der Waals surface area contributed by atoms with E-state index < -0.39 is 10.0 Å². The molecule has 0 saturated carbocycles. The lowest BCUT2D eigenvalue weighted by atomic mass is 10.5. The fourth-order valence-electron chi connectivity index (χ4n) is 1.15. The van der Waals surface area contributed by atoms with Crippen molar-refractivity contribution in [2.75, 3.05) is 10.5 Å². The van der Waals surface area contributed by atoms with E-state index in [1.807, 2.05) is 0 Å². The average Bonchev–Trinajstić information content (AvgIpc) is 2.67. The molecule has 2 aromatic heterocycles. The number of aryl methyl sites for hydroxylation is 1. The molecule has 7 nitrogen and oxygen atoms in total. The molecular formula is C9H9ClN4O3S. The number of pyridine rings is 1. The second-order valence-corrected chi connectivity index (χ2v) is 5.53. The molecular weight excluding hydrogens is 280 g/mol. The summed E-state index contributed by atoms with van der Waals surface area (Å²) in [4.78, 5) is 7.37. The molecule has 0 aromatic carbocycles. The van der Waals surface area contributed by atoms with Gasteiger partial charge in [-0.05, 0) is 13.0 Å². The molecule has 0 aliphatic rings. The van der Waals surface area contributed by atoms with Crippen LogP contribution in [0.5, 0.6) is 0 Å². The Morgan fingerprint density at radius 3 is 2.78 bits per heavy atom. The van der Waals surface area contributed by atoms with Gasteiger partial charge in [-0.1, -0.05) is 11.6 Å². The topological polar surface area (TPSA) is 111 Å². The second-order valence-electron chi connectivity index (χ2n) is 3.44. The second kappa shape index (κ2) is 4.46. The quantitative estimate of drug-likeness (QED) is 0.883. The summed E-state index contributed by atoms with van der Waals surface area (Å²) in [6, 6.07) is 1.07. The van der Waals surface area contributed by atoms with E-state index in [0.29, 0.717) is 5.69 Å². The summed E-state index contributed by atoms with van der Waals surface area (Å²) < 4.78 is 30.9. The van der Waals surface area contributed by atoms with Crippen LogP contribution in [0.4, 0.5) is 11.8 Å². The van der Waals surface area contributed by atoms with E-state index in [9.17, 15) is 8.42 Å². The number of nitrogens with two attached hydrogens (primary N) is 1. The number of aromatic nitrogens is 2. The SMILES string of the molecule is Cc1coc(NS(=O)(=O)c2cnc(N)c(Cl)c2)n1. The number of nitrogens with zero attached hydrogens (tertiary/aromatic N) is 2. The molecule has 0 bridgehead atoms. The molecule has 96 valence electrons. The van der Waals surface area contributed by atoms with Crippen LogP contribution in [0.1, 0.15) is 5.69 Å². The van der Waals surface area contributed by atoms with Crippen LogP contribution in [0.15, 0.2) is 27.8 Å². The Hall–Kier alpha value is -1.80. The number of nitrogen functional groups attached to an aromatic ring is 1. The Morgan fingerprint density at radius 2 is 2.22 bits per heavy atom. The third-order valence-electron chi connectivity index (χ3n) is 2.00. The van der Waals surface area contributed by atoms with Gasteiger partial charge < -0.3 is 10.2 Å². The highest BCUT2D eigenvalue weighted by Crippen LogP contribution is 2.21. The van der Waals surface area contributed by atoms with Crippen molar-refractivity contribution in [1.29, 1.82) is 0 Å². The summed E-state index contributed by atoms with van der Waals surface area (Å²) >= 11 is 5.71. The van der Waals surface area contributed by atoms with Crippen molar-refractivity contribution in [1.82, 2.24) is 9.97 Å². The fourth-order valence-corrected chi connectivity index (χ4v) is 2.29. The minimum atomic E-state index is -3.85. The number of hydrogen-bond donors (Lipinski definition) is 2. The summed E-state index contributed by atoms with van der Waals surface area (Å²) in [5.41, 5.74) is 5.96. The van der Waals surface area contributed by atoms with Crippen LogP contribution < -0.4 is 10.5 Å². The Bertz CT molecular complexity index is 683. The first kappa shape index (κ1) is 12.7. The first-order valence-corrected chi connectivity index (χ1v) is 6.60. The van der Waals surface area contributed by atoms with Crippen LogP contribution >= 0.6 is 11.6 Å². The lowest BCUT2D eigenvalue weighted by Gasteiger charge is -2.05. The minimum Gasteiger partial charge on any atom is -0.431 e. The number of sulfonamides is 1. The zero-order chi connectivity index (χ0) is 13.3. The van der Waals surface area contributed by atoms with Gasteiger partial charge in [-0.3, -0.25) is 0 Å². The molecule has 0 saturated heterocycles. The fraction of sp³-hybridized carbons (Fsp3) is 0.111. The largest absolute Gasteiger partial charge is 0.431 e. The molecule has 18 heavy (non-hydrogen) atoms. The van der Waals surface area contributed by atoms with Gasteiger partial charge in [0.25, 0.3) is 10.0 Å². The number of oxazole rings is 1. The zero-order valence-electron chi connectivity index (χ0n) is 9.21. The third-order valence-corrected chi connectivity index (χ3v) is 3.59. The molecule has 0 atom stereocenters. The van der Waals surface area contributed by atoms with E-state index in [1.54, 1.807) is 6.92 Å². The molecule has 2 rings (SSSR count). The third kappa shape index (κ3) is 2.54. The van der Waals surface area contributed by atoms with E-state index in [2.05, 4.69) is 14.7 Å². The van der Waals surface area contributed by atoms with Crippen LogP contribution in [0.3, 0.4) is 0 Å². The molecule has 2 heterocycles. The molecule has 9 heteroatoms. The van der Waals surface area contributed by atoms with Crippen LogP contribution in [0, 0.1) is 6.92 Å². The highest BCUT2D eigenvalue weighted by atomic mass is 35.5. The van der Waals surface area contributed by atoms with Crippen molar-refractivity contribution in [3.63, 3.8) is 0 Å². The van der Waals surface area contributed by atoms with Crippen molar-refractivity contribution in [2.45, 2.75) is 11.8 Å². The standard InChI is InChI=1S/C9H9ClN4O3S/c1-5-4-17-9(13-5)14-18(15,16)6-2-7(10)8(11)12-3-6/h2-4H,1H3,(H2,11,12)(H,13,14). The molecule has 0 unspecified atom stereocenters. The maximum Gasteiger partial charge on any atom is 0.309 e. The smallest absolute Gasteiger partial charge is 0.309 e. The van der Waals surface area contributed by atoms with Gasteiger partial charge in [0, 0.05) is 6.20 Å². The van der Waals surface area contributed by atoms with Crippen LogP contribution in [0.25, 0.3) is 0 Å². The van der Waals surface area contributed by atoms with E-state index in [4.69, 9.17) is 21.8 Å². The monoisotopic (exact) mass is 288 g/mol. The van der Waals surface area contributed by atoms with Crippen molar-refractivity contribution in [3.8, 4) is 0 Å². The van der Waals surface area contributed by atoms with Crippen molar-refractivity contribution in [3.05, 3.63) is 29.2 Å². The Morgan fingerprint density at radius 1 is 1.50 bits per heavy atom. The molecule has 0 amide bonds. The van der Waals surface area contributed by atoms with Gasteiger partial charge in [0.2, 0.25) is 0 Å². The highest BCUT2D eigenvalue weighted by Gasteiger charge is 2.18. The lowest BCUT2D eigenvalue weighted by Crippen LogP contribution is -2.13. The van der Waals surface area contributed by atoms with Gasteiger partial charge in [-0.25, -0.2) is 18.1 Å². The predicted molar refractivity (Wildman–Crippen MR) is 65.7 cm³/mol. The molecule has 0 aliphatic heterocycles. The Labute approximate surface area is 108 Å². The van der Waals surface area contributed by atoms with Gasteiger partial charge in [-0.15, -0.1) is 0 Å². The number of hydrogen-bond acceptors (Lipinski definition) is 6. The zero-order valence-corrected chi connectivity index (χ0v) is 10.8. The minimum absolute atomic E-state index is 0.0569. The number of rotatable bonds is 3. The molecule has 0 aliphatic carbocycles. The van der Waals surface area contributed by atoms with Gasteiger partial charge in [0.1, 0.15) is 17.0 Å². The van der Waals surface area contributed by atoms with E-state index >= 15 is 0 Å². The van der Waals surface area contributed by atoms with Crippen LogP contribution in [0.2, 0.25) is 5.02 Å². The maximum atomic E-state index is 11.9. The summed E-state index contributed by atoms with van der Waals surface area (Å²) in [5.74, 6) is 0.0579. The Balaban J connectivity index is 2.33. The molecule has 0 spiro atoms. The van der Waals surface area contributed by atoms with E-state index in [-0.39, 0.29) is 21.8 Å². The predicted octanol–water partition coefficient (Wildman–Crippen LogP) is 1.41. The molecule has 0 radical (unpaired) electrons. The van der Waals surface area contributed by atoms with Gasteiger partial charge in [-0.2, -0.15) is 4.98 Å². The maximum absolute atomic E-state index is 11.9. The van der Waals surface area contributed by atoms with E-state index in [0.717, 1.165) is 6.20 Å². The molecule has 0 fully saturated rings. The lowest BCUT2D eigenvalue weighted by molar-refractivity contribution is 0.569. The molecule has 2 aromatic rings. The van der Waals surface area contributed by atoms with Crippen LogP contribution in [-0.4, -0.2) is 18.4 Å². The number of anilines is 2. The summed E-state index contributed by atoms with van der Waals surface area (Å²) in [5, 5.41) is 0.0569. The van der Waals surface area contributed by atoms with Crippen LogP contribution in [-0.2, 0) is 10.0 Å². The number of halogens is 1. The summed E-state index contributed by atoms with van der Waals surface area (Å²) in [6.07, 6.45) is 2.42. The normalized spacial score (nSPS) is 11.4. The van der Waals surface area contributed by atoms with Gasteiger partial charge in [0.15, 0.2) is 0 Å². The summed E-state index contributed by atoms with van der Waals surface area (Å²) in [6.45, 7) is 1.67. The van der Waals surface area contributed by atoms with E-state index in [1.165, 1.54) is 12.3 Å². The highest BCUT2D eigenvalue weighted by molar-refractivity contribution is 7.92. The first-order valence-electron chi connectivity index (χ1n) is 4.74. The molecule has 3 N–H and O–H groups in total. The van der Waals surface area contributed by atoms with Crippen molar-refractivity contribution < 1.29 is 12.8 Å². The first-order chi connectivity index (χ1) is 8.38.